The quantitative estimate of drug-likeness (QED) is 0.669. The van der Waals surface area contributed by atoms with Crippen LogP contribution in [0.25, 0.3) is 10.9 Å². The summed E-state index contributed by atoms with van der Waals surface area (Å²) >= 11 is 0. The summed E-state index contributed by atoms with van der Waals surface area (Å²) in [5, 5.41) is 9.82. The van der Waals surface area contributed by atoms with Gasteiger partial charge in [-0.25, -0.2) is 0 Å². The zero-order valence-electron chi connectivity index (χ0n) is 8.41. The highest BCUT2D eigenvalue weighted by molar-refractivity contribution is 5.82. The Morgan fingerprint density at radius 2 is 2.14 bits per heavy atom. The molecule has 1 heterocycles. The van der Waals surface area contributed by atoms with Crippen molar-refractivity contribution >= 4 is 10.9 Å². The van der Waals surface area contributed by atoms with E-state index in [1.807, 2.05) is 6.07 Å². The molecular formula is C12H12N2. The zero-order valence-corrected chi connectivity index (χ0v) is 8.41. The molecule has 1 aromatic heterocycles. The predicted octanol–water partition coefficient (Wildman–Crippen LogP) is 2.55. The molecule has 0 amide bonds. The molecule has 2 rings (SSSR count). The summed E-state index contributed by atoms with van der Waals surface area (Å²) in [7, 11) is 2.06. The molecule has 2 aromatic rings. The monoisotopic (exact) mass is 184 g/mol. The SMILES string of the molecule is Cc1cc2cc(CC#N)ccc2n1C. The molecule has 0 unspecified atom stereocenters. The van der Waals surface area contributed by atoms with E-state index in [4.69, 9.17) is 5.26 Å². The molecule has 2 nitrogen and oxygen atoms in total. The lowest BCUT2D eigenvalue weighted by molar-refractivity contribution is 0.918. The summed E-state index contributed by atoms with van der Waals surface area (Å²) < 4.78 is 2.16. The van der Waals surface area contributed by atoms with Crippen molar-refractivity contribution < 1.29 is 0 Å². The van der Waals surface area contributed by atoms with E-state index in [-0.39, 0.29) is 0 Å². The summed E-state index contributed by atoms with van der Waals surface area (Å²) in [5.41, 5.74) is 3.56. The molecule has 0 fully saturated rings. The van der Waals surface area contributed by atoms with Crippen molar-refractivity contribution in [1.82, 2.24) is 4.57 Å². The first-order valence-corrected chi connectivity index (χ1v) is 4.64. The Balaban J connectivity index is 2.63. The van der Waals surface area contributed by atoms with Crippen molar-refractivity contribution in [2.45, 2.75) is 13.3 Å². The van der Waals surface area contributed by atoms with Gasteiger partial charge in [-0.2, -0.15) is 5.26 Å². The average Bonchev–Trinajstić information content (AvgIpc) is 2.43. The molecule has 1 aromatic carbocycles. The molecule has 70 valence electrons. The normalized spacial score (nSPS) is 10.4. The number of nitriles is 1. The third kappa shape index (κ3) is 1.27. The maximum Gasteiger partial charge on any atom is 0.0669 e. The molecule has 0 aliphatic carbocycles. The summed E-state index contributed by atoms with van der Waals surface area (Å²) in [6.07, 6.45) is 0.490. The molecule has 0 atom stereocenters. The number of hydrogen-bond donors (Lipinski definition) is 0. The van der Waals surface area contributed by atoms with Gasteiger partial charge in [0.05, 0.1) is 12.5 Å². The van der Waals surface area contributed by atoms with Crippen molar-refractivity contribution in [1.29, 1.82) is 5.26 Å². The minimum atomic E-state index is 0.490. The first-order valence-electron chi connectivity index (χ1n) is 4.64. The number of nitrogens with zero attached hydrogens (tertiary/aromatic N) is 2. The van der Waals surface area contributed by atoms with E-state index in [1.165, 1.54) is 16.6 Å². The van der Waals surface area contributed by atoms with Crippen LogP contribution in [0.1, 0.15) is 11.3 Å². The van der Waals surface area contributed by atoms with Crippen LogP contribution in [0.5, 0.6) is 0 Å². The van der Waals surface area contributed by atoms with Gasteiger partial charge < -0.3 is 4.57 Å². The fraction of sp³-hybridized carbons (Fsp3) is 0.250. The van der Waals surface area contributed by atoms with Crippen molar-refractivity contribution in [2.75, 3.05) is 0 Å². The van der Waals surface area contributed by atoms with Crippen LogP contribution < -0.4 is 0 Å². The van der Waals surface area contributed by atoms with Crippen LogP contribution >= 0.6 is 0 Å². The molecule has 0 spiro atoms. The average molecular weight is 184 g/mol. The van der Waals surface area contributed by atoms with E-state index in [1.54, 1.807) is 0 Å². The van der Waals surface area contributed by atoms with Crippen LogP contribution in [-0.2, 0) is 13.5 Å². The fourth-order valence-electron chi connectivity index (χ4n) is 1.74. The molecular weight excluding hydrogens is 172 g/mol. The Morgan fingerprint density at radius 1 is 1.36 bits per heavy atom. The van der Waals surface area contributed by atoms with Gasteiger partial charge in [0.2, 0.25) is 0 Å². The van der Waals surface area contributed by atoms with Gasteiger partial charge in [-0.05, 0) is 30.7 Å². The van der Waals surface area contributed by atoms with Crippen LogP contribution in [0.15, 0.2) is 24.3 Å². The minimum Gasteiger partial charge on any atom is -0.348 e. The second kappa shape index (κ2) is 3.19. The number of aryl methyl sites for hydroxylation is 2. The Bertz CT molecular complexity index is 515. The third-order valence-corrected chi connectivity index (χ3v) is 2.63. The van der Waals surface area contributed by atoms with Gasteiger partial charge in [-0.3, -0.25) is 0 Å². The Labute approximate surface area is 83.4 Å². The van der Waals surface area contributed by atoms with Gasteiger partial charge in [0.25, 0.3) is 0 Å². The second-order valence-corrected chi connectivity index (χ2v) is 3.57. The fourth-order valence-corrected chi connectivity index (χ4v) is 1.74. The Hall–Kier alpha value is -1.75. The predicted molar refractivity (Wildman–Crippen MR) is 57.0 cm³/mol. The smallest absolute Gasteiger partial charge is 0.0669 e. The highest BCUT2D eigenvalue weighted by Gasteiger charge is 2.02. The number of hydrogen-bond acceptors (Lipinski definition) is 1. The first-order chi connectivity index (χ1) is 6.72. The van der Waals surface area contributed by atoms with Gasteiger partial charge in [0, 0.05) is 23.6 Å². The third-order valence-electron chi connectivity index (χ3n) is 2.63. The van der Waals surface area contributed by atoms with Crippen molar-refractivity contribution in [3.05, 3.63) is 35.5 Å². The van der Waals surface area contributed by atoms with E-state index in [0.717, 1.165) is 5.56 Å². The Morgan fingerprint density at radius 3 is 2.86 bits per heavy atom. The second-order valence-electron chi connectivity index (χ2n) is 3.57. The summed E-state index contributed by atoms with van der Waals surface area (Å²) in [4.78, 5) is 0. The van der Waals surface area contributed by atoms with Crippen molar-refractivity contribution in [2.24, 2.45) is 7.05 Å². The Kier molecular flexibility index (Phi) is 2.01. The zero-order chi connectivity index (χ0) is 10.1. The largest absolute Gasteiger partial charge is 0.348 e. The first kappa shape index (κ1) is 8.83. The number of rotatable bonds is 1. The van der Waals surface area contributed by atoms with Gasteiger partial charge in [0.15, 0.2) is 0 Å². The highest BCUT2D eigenvalue weighted by atomic mass is 14.9. The highest BCUT2D eigenvalue weighted by Crippen LogP contribution is 2.19. The van der Waals surface area contributed by atoms with Crippen molar-refractivity contribution in [3.8, 4) is 6.07 Å². The molecule has 2 heteroatoms. The topological polar surface area (TPSA) is 28.7 Å². The number of benzene rings is 1. The molecule has 0 saturated carbocycles. The lowest BCUT2D eigenvalue weighted by Crippen LogP contribution is -1.89. The molecule has 0 saturated heterocycles. The summed E-state index contributed by atoms with van der Waals surface area (Å²) in [5.74, 6) is 0. The number of fused-ring (bicyclic) bond motifs is 1. The van der Waals surface area contributed by atoms with Gasteiger partial charge in [0.1, 0.15) is 0 Å². The van der Waals surface area contributed by atoms with E-state index in [9.17, 15) is 0 Å². The van der Waals surface area contributed by atoms with E-state index >= 15 is 0 Å². The van der Waals surface area contributed by atoms with Crippen LogP contribution in [-0.4, -0.2) is 4.57 Å². The lowest BCUT2D eigenvalue weighted by Gasteiger charge is -1.99. The van der Waals surface area contributed by atoms with Crippen LogP contribution in [0.4, 0.5) is 0 Å². The summed E-state index contributed by atoms with van der Waals surface area (Å²) in [6.45, 7) is 2.09. The van der Waals surface area contributed by atoms with E-state index < -0.39 is 0 Å². The molecule has 0 aliphatic heterocycles. The summed E-state index contributed by atoms with van der Waals surface area (Å²) in [6, 6.07) is 10.5. The van der Waals surface area contributed by atoms with Gasteiger partial charge in [-0.15, -0.1) is 0 Å². The molecule has 0 radical (unpaired) electrons. The molecule has 0 aliphatic rings. The van der Waals surface area contributed by atoms with E-state index in [0.29, 0.717) is 6.42 Å². The number of aromatic nitrogens is 1. The standard InChI is InChI=1S/C12H12N2/c1-9-7-11-8-10(5-6-13)3-4-12(11)14(9)2/h3-4,7-8H,5H2,1-2H3. The molecule has 0 bridgehead atoms. The molecule has 0 N–H and O–H groups in total. The van der Waals surface area contributed by atoms with Crippen molar-refractivity contribution in [3.63, 3.8) is 0 Å². The minimum absolute atomic E-state index is 0.490. The maximum atomic E-state index is 8.60. The maximum absolute atomic E-state index is 8.60. The van der Waals surface area contributed by atoms with Gasteiger partial charge in [-0.1, -0.05) is 6.07 Å². The van der Waals surface area contributed by atoms with E-state index in [2.05, 4.69) is 42.8 Å². The van der Waals surface area contributed by atoms with Gasteiger partial charge >= 0.3 is 0 Å². The molecule has 14 heavy (non-hydrogen) atoms. The lowest BCUT2D eigenvalue weighted by atomic mass is 10.1. The van der Waals surface area contributed by atoms with Crippen LogP contribution in [0.2, 0.25) is 0 Å². The van der Waals surface area contributed by atoms with Crippen LogP contribution in [0, 0.1) is 18.3 Å². The van der Waals surface area contributed by atoms with Crippen LogP contribution in [0.3, 0.4) is 0 Å².